The van der Waals surface area contributed by atoms with E-state index >= 15 is 0 Å². The predicted octanol–water partition coefficient (Wildman–Crippen LogP) is -0.990. The van der Waals surface area contributed by atoms with Gasteiger partial charge in [0, 0.05) is 13.3 Å². The van der Waals surface area contributed by atoms with Crippen LogP contribution in [0.5, 0.6) is 0 Å². The van der Waals surface area contributed by atoms with Gasteiger partial charge in [-0.1, -0.05) is 0 Å². The molecule has 0 aromatic carbocycles. The van der Waals surface area contributed by atoms with Crippen molar-refractivity contribution in [2.24, 2.45) is 5.73 Å². The molecule has 0 spiro atoms. The largest absolute Gasteiger partial charge is 0.479 e. The average molecular weight is 267 g/mol. The van der Waals surface area contributed by atoms with E-state index in [2.05, 4.69) is 15.0 Å². The number of nitrogens with two attached hydrogens (primary N) is 1. The fourth-order valence-corrected chi connectivity index (χ4v) is 1.22. The summed E-state index contributed by atoms with van der Waals surface area (Å²) in [6.45, 7) is -0.191. The first-order valence-electron chi connectivity index (χ1n) is 5.25. The van der Waals surface area contributed by atoms with Crippen molar-refractivity contribution in [1.82, 2.24) is 10.3 Å². The Labute approximate surface area is 108 Å². The van der Waals surface area contributed by atoms with Gasteiger partial charge in [-0.25, -0.2) is 4.79 Å². The molecule has 0 aliphatic heterocycles. The maximum absolute atomic E-state index is 11.6. The van der Waals surface area contributed by atoms with E-state index in [1.807, 2.05) is 0 Å². The van der Waals surface area contributed by atoms with Gasteiger partial charge < -0.3 is 20.9 Å². The standard InChI is InChI=1S/C11H13N3O5/c1-19-8(11(17)18)5-14-10(16)7-3-2-6(4-13-7)9(12)15/h2-4,8H,5H2,1H3,(H2,12,15)(H,14,16)(H,17,18). The molecule has 1 rings (SSSR count). The minimum Gasteiger partial charge on any atom is -0.479 e. The van der Waals surface area contributed by atoms with Gasteiger partial charge in [0.25, 0.3) is 5.91 Å². The molecule has 0 aliphatic carbocycles. The van der Waals surface area contributed by atoms with Crippen molar-refractivity contribution in [3.63, 3.8) is 0 Å². The highest BCUT2D eigenvalue weighted by Gasteiger charge is 2.18. The van der Waals surface area contributed by atoms with E-state index < -0.39 is 23.9 Å². The second-order valence-corrected chi connectivity index (χ2v) is 3.57. The highest BCUT2D eigenvalue weighted by Crippen LogP contribution is 2.00. The second-order valence-electron chi connectivity index (χ2n) is 3.57. The summed E-state index contributed by atoms with van der Waals surface area (Å²) in [6.07, 6.45) is 0.0382. The molecule has 1 heterocycles. The normalized spacial score (nSPS) is 11.6. The van der Waals surface area contributed by atoms with Crippen LogP contribution in [0.3, 0.4) is 0 Å². The second kappa shape index (κ2) is 6.45. The first-order chi connectivity index (χ1) is 8.95. The van der Waals surface area contributed by atoms with Crippen LogP contribution in [0.25, 0.3) is 0 Å². The Bertz CT molecular complexity index is 486. The number of hydrogen-bond donors (Lipinski definition) is 3. The molecule has 1 aromatic rings. The topological polar surface area (TPSA) is 132 Å². The van der Waals surface area contributed by atoms with Gasteiger partial charge in [-0.05, 0) is 12.1 Å². The monoisotopic (exact) mass is 267 g/mol. The number of nitrogens with one attached hydrogen (secondary N) is 1. The number of carbonyl (C=O) groups is 3. The van der Waals surface area contributed by atoms with Crippen LogP contribution in [-0.4, -0.2) is 47.6 Å². The fourth-order valence-electron chi connectivity index (χ4n) is 1.22. The van der Waals surface area contributed by atoms with Crippen LogP contribution >= 0.6 is 0 Å². The average Bonchev–Trinajstić information content (AvgIpc) is 2.38. The van der Waals surface area contributed by atoms with Gasteiger partial charge in [0.1, 0.15) is 5.69 Å². The zero-order valence-corrected chi connectivity index (χ0v) is 10.1. The summed E-state index contributed by atoms with van der Waals surface area (Å²) in [6, 6.07) is 2.67. The summed E-state index contributed by atoms with van der Waals surface area (Å²) in [5.41, 5.74) is 5.25. The first-order valence-corrected chi connectivity index (χ1v) is 5.25. The van der Waals surface area contributed by atoms with E-state index in [9.17, 15) is 14.4 Å². The molecule has 102 valence electrons. The lowest BCUT2D eigenvalue weighted by Crippen LogP contribution is -2.38. The molecule has 1 unspecified atom stereocenters. The van der Waals surface area contributed by atoms with Gasteiger partial charge in [0.05, 0.1) is 12.1 Å². The summed E-state index contributed by atoms with van der Waals surface area (Å²) in [4.78, 5) is 36.8. The molecular weight excluding hydrogens is 254 g/mol. The third-order valence-corrected chi connectivity index (χ3v) is 2.29. The summed E-state index contributed by atoms with van der Waals surface area (Å²) >= 11 is 0. The Morgan fingerprint density at radius 3 is 2.58 bits per heavy atom. The fraction of sp³-hybridized carbons (Fsp3) is 0.273. The number of aliphatic carboxylic acids is 1. The Morgan fingerprint density at radius 1 is 1.47 bits per heavy atom. The van der Waals surface area contributed by atoms with Crippen molar-refractivity contribution in [2.75, 3.05) is 13.7 Å². The number of carboxylic acid groups (broad SMARTS) is 1. The summed E-state index contributed by atoms with van der Waals surface area (Å²) in [5, 5.41) is 11.1. The molecule has 0 saturated heterocycles. The molecule has 8 nitrogen and oxygen atoms in total. The smallest absolute Gasteiger partial charge is 0.334 e. The number of pyridine rings is 1. The van der Waals surface area contributed by atoms with Crippen molar-refractivity contribution < 1.29 is 24.2 Å². The van der Waals surface area contributed by atoms with Crippen LogP contribution in [0.1, 0.15) is 20.8 Å². The number of methoxy groups -OCH3 is 1. The number of primary amides is 1. The molecule has 0 saturated carbocycles. The van der Waals surface area contributed by atoms with E-state index in [1.165, 1.54) is 25.4 Å². The first kappa shape index (κ1) is 14.6. The molecular formula is C11H13N3O5. The van der Waals surface area contributed by atoms with Crippen molar-refractivity contribution in [3.8, 4) is 0 Å². The number of hydrogen-bond acceptors (Lipinski definition) is 5. The molecule has 4 N–H and O–H groups in total. The van der Waals surface area contributed by atoms with Crippen molar-refractivity contribution in [3.05, 3.63) is 29.6 Å². The zero-order valence-electron chi connectivity index (χ0n) is 10.1. The van der Waals surface area contributed by atoms with E-state index in [0.717, 1.165) is 0 Å². The molecule has 2 amide bonds. The lowest BCUT2D eigenvalue weighted by Gasteiger charge is -2.11. The minimum absolute atomic E-state index is 0.0465. The number of rotatable bonds is 6. The number of carbonyl (C=O) groups excluding carboxylic acids is 2. The quantitative estimate of drug-likeness (QED) is 0.606. The minimum atomic E-state index is -1.18. The summed E-state index contributed by atoms with van der Waals surface area (Å²) in [7, 11) is 1.23. The van der Waals surface area contributed by atoms with Crippen LogP contribution in [0, 0.1) is 0 Å². The van der Waals surface area contributed by atoms with E-state index in [1.54, 1.807) is 0 Å². The highest BCUT2D eigenvalue weighted by atomic mass is 16.5. The number of ether oxygens (including phenoxy) is 1. The van der Waals surface area contributed by atoms with E-state index in [-0.39, 0.29) is 17.8 Å². The molecule has 0 aliphatic rings. The van der Waals surface area contributed by atoms with Gasteiger partial charge >= 0.3 is 5.97 Å². The molecule has 1 aromatic heterocycles. The lowest BCUT2D eigenvalue weighted by atomic mass is 10.2. The Hall–Kier alpha value is -2.48. The van der Waals surface area contributed by atoms with Gasteiger partial charge in [0.2, 0.25) is 5.91 Å². The van der Waals surface area contributed by atoms with Gasteiger partial charge in [-0.15, -0.1) is 0 Å². The SMILES string of the molecule is COC(CNC(=O)c1ccc(C(N)=O)cn1)C(=O)O. The van der Waals surface area contributed by atoms with Crippen LogP contribution in [-0.2, 0) is 9.53 Å². The lowest BCUT2D eigenvalue weighted by molar-refractivity contribution is -0.148. The van der Waals surface area contributed by atoms with Gasteiger partial charge in [-0.2, -0.15) is 0 Å². The summed E-state index contributed by atoms with van der Waals surface area (Å²) in [5.74, 6) is -2.40. The molecule has 0 bridgehead atoms. The Morgan fingerprint density at radius 2 is 2.16 bits per heavy atom. The van der Waals surface area contributed by atoms with Gasteiger partial charge in [0.15, 0.2) is 6.10 Å². The van der Waals surface area contributed by atoms with Crippen molar-refractivity contribution >= 4 is 17.8 Å². The Kier molecular flexibility index (Phi) is 4.95. The third kappa shape index (κ3) is 4.03. The van der Waals surface area contributed by atoms with Gasteiger partial charge in [-0.3, -0.25) is 14.6 Å². The van der Waals surface area contributed by atoms with E-state index in [0.29, 0.717) is 0 Å². The summed E-state index contributed by atoms with van der Waals surface area (Å²) < 4.78 is 4.65. The molecule has 19 heavy (non-hydrogen) atoms. The molecule has 0 radical (unpaired) electrons. The van der Waals surface area contributed by atoms with Crippen molar-refractivity contribution in [2.45, 2.75) is 6.10 Å². The van der Waals surface area contributed by atoms with Crippen LogP contribution in [0.2, 0.25) is 0 Å². The van der Waals surface area contributed by atoms with Crippen LogP contribution in [0.4, 0.5) is 0 Å². The number of carboxylic acids is 1. The number of amides is 2. The van der Waals surface area contributed by atoms with Crippen LogP contribution in [0.15, 0.2) is 18.3 Å². The predicted molar refractivity (Wildman–Crippen MR) is 63.5 cm³/mol. The van der Waals surface area contributed by atoms with Crippen molar-refractivity contribution in [1.29, 1.82) is 0 Å². The molecule has 0 fully saturated rings. The molecule has 8 heteroatoms. The van der Waals surface area contributed by atoms with Crippen LogP contribution < -0.4 is 11.1 Å². The third-order valence-electron chi connectivity index (χ3n) is 2.29. The number of aromatic nitrogens is 1. The Balaban J connectivity index is 2.63. The highest BCUT2D eigenvalue weighted by molar-refractivity contribution is 5.95. The zero-order chi connectivity index (χ0) is 14.4. The van der Waals surface area contributed by atoms with E-state index in [4.69, 9.17) is 10.8 Å². The number of nitrogens with zero attached hydrogens (tertiary/aromatic N) is 1. The maximum Gasteiger partial charge on any atom is 0.334 e. The maximum atomic E-state index is 11.6. The molecule has 1 atom stereocenters.